The summed E-state index contributed by atoms with van der Waals surface area (Å²) in [5.41, 5.74) is -1.08. The number of anilines is 1. The highest BCUT2D eigenvalue weighted by atomic mass is 35.5. The van der Waals surface area contributed by atoms with Crippen molar-refractivity contribution < 1.29 is 9.53 Å². The number of ether oxygens (including phenoxy) is 1. The molecule has 0 fully saturated rings. The molecule has 1 heterocycles. The van der Waals surface area contributed by atoms with Crippen LogP contribution in [0.3, 0.4) is 0 Å². The lowest BCUT2D eigenvalue weighted by molar-refractivity contribution is 0.102. The molecule has 0 aliphatic carbocycles. The van der Waals surface area contributed by atoms with Gasteiger partial charge >= 0.3 is 5.69 Å². The number of benzene rings is 2. The minimum Gasteiger partial charge on any atom is -0.497 e. The predicted molar refractivity (Wildman–Crippen MR) is 104 cm³/mol. The molecule has 7 nitrogen and oxygen atoms in total. The molecule has 0 unspecified atom stereocenters. The molecule has 138 valence electrons. The van der Waals surface area contributed by atoms with Gasteiger partial charge in [0.2, 0.25) is 0 Å². The molecule has 0 spiro atoms. The van der Waals surface area contributed by atoms with Crippen LogP contribution in [0.25, 0.3) is 5.69 Å². The second-order valence-electron chi connectivity index (χ2n) is 5.43. The van der Waals surface area contributed by atoms with Crippen LogP contribution in [0.5, 0.6) is 5.75 Å². The van der Waals surface area contributed by atoms with Gasteiger partial charge in [-0.3, -0.25) is 9.59 Å². The predicted octanol–water partition coefficient (Wildman–Crippen LogP) is 3.09. The lowest BCUT2D eigenvalue weighted by Gasteiger charge is -2.09. The van der Waals surface area contributed by atoms with Gasteiger partial charge in [-0.1, -0.05) is 29.3 Å². The van der Waals surface area contributed by atoms with Crippen molar-refractivity contribution in [3.8, 4) is 11.4 Å². The van der Waals surface area contributed by atoms with E-state index in [9.17, 15) is 14.4 Å². The number of aromatic nitrogens is 2. The Morgan fingerprint density at radius 2 is 1.89 bits per heavy atom. The van der Waals surface area contributed by atoms with Gasteiger partial charge < -0.3 is 15.0 Å². The number of rotatable bonds is 4. The van der Waals surface area contributed by atoms with Crippen molar-refractivity contribution >= 4 is 34.8 Å². The summed E-state index contributed by atoms with van der Waals surface area (Å²) >= 11 is 11.8. The zero-order chi connectivity index (χ0) is 19.6. The second-order valence-corrected chi connectivity index (χ2v) is 6.25. The van der Waals surface area contributed by atoms with Crippen molar-refractivity contribution in [2.75, 3.05) is 12.4 Å². The van der Waals surface area contributed by atoms with Gasteiger partial charge in [0, 0.05) is 18.0 Å². The van der Waals surface area contributed by atoms with Gasteiger partial charge in [-0.15, -0.1) is 0 Å². The van der Waals surface area contributed by atoms with Gasteiger partial charge in [-0.05, 0) is 30.3 Å². The molecule has 0 atom stereocenters. The molecular formula is C18H13Cl2N3O4. The molecular weight excluding hydrogens is 393 g/mol. The molecule has 2 aromatic carbocycles. The zero-order valence-electron chi connectivity index (χ0n) is 14.0. The van der Waals surface area contributed by atoms with Crippen LogP contribution < -0.4 is 21.3 Å². The third-order valence-electron chi connectivity index (χ3n) is 3.71. The monoisotopic (exact) mass is 405 g/mol. The molecule has 3 rings (SSSR count). The van der Waals surface area contributed by atoms with Gasteiger partial charge in [0.25, 0.3) is 11.5 Å². The molecule has 0 radical (unpaired) electrons. The van der Waals surface area contributed by atoms with E-state index in [1.807, 2.05) is 0 Å². The van der Waals surface area contributed by atoms with Crippen molar-refractivity contribution in [2.45, 2.75) is 0 Å². The van der Waals surface area contributed by atoms with E-state index >= 15 is 0 Å². The maximum absolute atomic E-state index is 12.7. The van der Waals surface area contributed by atoms with Gasteiger partial charge in [-0.2, -0.15) is 0 Å². The number of amides is 1. The topological polar surface area (TPSA) is 93.2 Å². The van der Waals surface area contributed by atoms with Crippen molar-refractivity contribution in [3.05, 3.63) is 85.1 Å². The molecule has 2 N–H and O–H groups in total. The van der Waals surface area contributed by atoms with E-state index in [0.29, 0.717) is 16.5 Å². The number of nitrogens with zero attached hydrogens (tertiary/aromatic N) is 1. The lowest BCUT2D eigenvalue weighted by atomic mass is 10.2. The Labute approximate surface area is 163 Å². The number of carbonyl (C=O) groups excluding carboxylic acids is 1. The average Bonchev–Trinajstić information content (AvgIpc) is 2.65. The summed E-state index contributed by atoms with van der Waals surface area (Å²) in [6.45, 7) is 0. The van der Waals surface area contributed by atoms with Crippen molar-refractivity contribution in [3.63, 3.8) is 0 Å². The van der Waals surface area contributed by atoms with E-state index in [-0.39, 0.29) is 16.3 Å². The van der Waals surface area contributed by atoms with E-state index in [4.69, 9.17) is 27.9 Å². The van der Waals surface area contributed by atoms with Gasteiger partial charge in [0.05, 0.1) is 22.8 Å². The first-order chi connectivity index (χ1) is 12.9. The van der Waals surface area contributed by atoms with Gasteiger partial charge in [0.1, 0.15) is 11.3 Å². The highest BCUT2D eigenvalue weighted by Crippen LogP contribution is 2.25. The van der Waals surface area contributed by atoms with E-state index in [1.165, 1.54) is 25.3 Å². The zero-order valence-corrected chi connectivity index (χ0v) is 15.5. The summed E-state index contributed by atoms with van der Waals surface area (Å²) in [5, 5.41) is 3.13. The minimum atomic E-state index is -0.774. The first-order valence-corrected chi connectivity index (χ1v) is 8.42. The maximum Gasteiger partial charge on any atom is 0.333 e. The fourth-order valence-electron chi connectivity index (χ4n) is 2.39. The fraction of sp³-hybridized carbons (Fsp3) is 0.0556. The molecule has 1 amide bonds. The molecule has 9 heteroatoms. The van der Waals surface area contributed by atoms with E-state index in [2.05, 4.69) is 10.3 Å². The van der Waals surface area contributed by atoms with Crippen molar-refractivity contribution in [1.82, 2.24) is 9.55 Å². The van der Waals surface area contributed by atoms with Crippen LogP contribution in [0.1, 0.15) is 10.4 Å². The van der Waals surface area contributed by atoms with Gasteiger partial charge in [0.15, 0.2) is 0 Å². The maximum atomic E-state index is 12.7. The molecule has 0 aliphatic rings. The standard InChI is InChI=1S/C18H13Cl2N3O4/c1-27-12-4-2-3-11(8-12)23-17(25)13(9-21-18(23)26)16(24)22-10-5-6-14(19)15(20)7-10/h2-9H,1H3,(H,21,26)(H,22,24). The quantitative estimate of drug-likeness (QED) is 0.697. The normalized spacial score (nSPS) is 10.5. The van der Waals surface area contributed by atoms with Crippen molar-refractivity contribution in [1.29, 1.82) is 0 Å². The fourth-order valence-corrected chi connectivity index (χ4v) is 2.69. The summed E-state index contributed by atoms with van der Waals surface area (Å²) < 4.78 is 5.96. The Morgan fingerprint density at radius 3 is 2.59 bits per heavy atom. The molecule has 0 aliphatic heterocycles. The first kappa shape index (κ1) is 18.8. The summed E-state index contributed by atoms with van der Waals surface area (Å²) in [6, 6.07) is 10.9. The van der Waals surface area contributed by atoms with E-state index in [1.54, 1.807) is 24.3 Å². The third-order valence-corrected chi connectivity index (χ3v) is 4.45. The Morgan fingerprint density at radius 1 is 1.11 bits per heavy atom. The van der Waals surface area contributed by atoms with E-state index < -0.39 is 17.2 Å². The molecule has 0 saturated carbocycles. The van der Waals surface area contributed by atoms with Crippen LogP contribution in [0.15, 0.2) is 58.3 Å². The smallest absolute Gasteiger partial charge is 0.333 e. The van der Waals surface area contributed by atoms with Crippen LogP contribution in [0.2, 0.25) is 10.0 Å². The Hall–Kier alpha value is -3.03. The summed E-state index contributed by atoms with van der Waals surface area (Å²) in [5.74, 6) is -0.240. The third kappa shape index (κ3) is 3.89. The van der Waals surface area contributed by atoms with Crippen LogP contribution >= 0.6 is 23.2 Å². The average molecular weight is 406 g/mol. The van der Waals surface area contributed by atoms with E-state index in [0.717, 1.165) is 10.8 Å². The largest absolute Gasteiger partial charge is 0.497 e. The summed E-state index contributed by atoms with van der Waals surface area (Å²) in [6.07, 6.45) is 1.06. The number of halogens is 2. The number of H-pyrrole nitrogens is 1. The number of nitrogens with one attached hydrogen (secondary N) is 2. The van der Waals surface area contributed by atoms with Crippen LogP contribution in [0, 0.1) is 0 Å². The van der Waals surface area contributed by atoms with Crippen molar-refractivity contribution in [2.24, 2.45) is 0 Å². The molecule has 0 bridgehead atoms. The first-order valence-electron chi connectivity index (χ1n) is 7.66. The van der Waals surface area contributed by atoms with Crippen LogP contribution in [-0.2, 0) is 0 Å². The number of methoxy groups -OCH3 is 1. The number of carbonyl (C=O) groups is 1. The highest BCUT2D eigenvalue weighted by molar-refractivity contribution is 6.42. The lowest BCUT2D eigenvalue weighted by Crippen LogP contribution is -2.38. The SMILES string of the molecule is COc1cccc(-n2c(=O)[nH]cc(C(=O)Nc3ccc(Cl)c(Cl)c3)c2=O)c1. The number of hydrogen-bond donors (Lipinski definition) is 2. The Kier molecular flexibility index (Phi) is 5.34. The summed E-state index contributed by atoms with van der Waals surface area (Å²) in [4.78, 5) is 39.8. The van der Waals surface area contributed by atoms with Crippen LogP contribution in [-0.4, -0.2) is 22.6 Å². The summed E-state index contributed by atoms with van der Waals surface area (Å²) in [7, 11) is 1.47. The second kappa shape index (κ2) is 7.69. The Bertz CT molecular complexity index is 1140. The number of hydrogen-bond acceptors (Lipinski definition) is 4. The van der Waals surface area contributed by atoms with Crippen LogP contribution in [0.4, 0.5) is 5.69 Å². The molecule has 0 saturated heterocycles. The Balaban J connectivity index is 2.01. The van der Waals surface area contributed by atoms with Gasteiger partial charge in [-0.25, -0.2) is 9.36 Å². The minimum absolute atomic E-state index is 0.247. The highest BCUT2D eigenvalue weighted by Gasteiger charge is 2.16. The molecule has 27 heavy (non-hydrogen) atoms. The molecule has 3 aromatic rings. The number of aromatic amines is 1. The molecule has 1 aromatic heterocycles.